The highest BCUT2D eigenvalue weighted by molar-refractivity contribution is 5.80. The van der Waals surface area contributed by atoms with Gasteiger partial charge in [-0.3, -0.25) is 0 Å². The van der Waals surface area contributed by atoms with Gasteiger partial charge < -0.3 is 28.9 Å². The molecule has 0 amide bonds. The Hall–Kier alpha value is -3.04. The summed E-state index contributed by atoms with van der Waals surface area (Å²) in [6.07, 6.45) is 17.1. The lowest BCUT2D eigenvalue weighted by Crippen LogP contribution is -2.34. The summed E-state index contributed by atoms with van der Waals surface area (Å²) in [7, 11) is 0. The number of nitrogens with zero attached hydrogens (tertiary/aromatic N) is 2. The Kier molecular flexibility index (Phi) is 9.70. The van der Waals surface area contributed by atoms with Crippen LogP contribution in [-0.2, 0) is 18.9 Å². The normalized spacial score (nSPS) is 21.0. The van der Waals surface area contributed by atoms with Crippen LogP contribution in [0.1, 0.15) is 84.3 Å². The fraction of sp³-hybridized carbons (Fsp3) is 0.515. The van der Waals surface area contributed by atoms with Crippen molar-refractivity contribution in [2.45, 2.75) is 84.7 Å². The molecule has 0 radical (unpaired) electrons. The summed E-state index contributed by atoms with van der Waals surface area (Å²) in [4.78, 5) is 15.2. The van der Waals surface area contributed by atoms with Crippen LogP contribution in [0.25, 0.3) is 27.6 Å². The Bertz CT molecular complexity index is 1440. The van der Waals surface area contributed by atoms with Crippen LogP contribution in [-0.4, -0.2) is 57.9 Å². The summed E-state index contributed by atoms with van der Waals surface area (Å²) in [6.45, 7) is 2.95. The van der Waals surface area contributed by atoms with Crippen molar-refractivity contribution in [3.8, 4) is 0 Å². The number of allylic oxidation sites excluding steroid dienone is 1. The van der Waals surface area contributed by atoms with Crippen molar-refractivity contribution in [2.24, 2.45) is 0 Å². The zero-order valence-corrected chi connectivity index (χ0v) is 21.6. The van der Waals surface area contributed by atoms with Gasteiger partial charge in [0.25, 0.3) is 0 Å². The SMILES string of the molecule is C.C.C.C1=C(c2cnc3[nH]ccc3c2)CCC2(C1)OCCO2.c1cc2cc(C3CCC4(CC3)OCCO4)cnc2[nH]1. The van der Waals surface area contributed by atoms with Gasteiger partial charge in [-0.25, -0.2) is 9.97 Å². The highest BCUT2D eigenvalue weighted by atomic mass is 16.7. The molecule has 1 saturated carbocycles. The number of hydrogen-bond acceptors (Lipinski definition) is 6. The predicted octanol–water partition coefficient (Wildman–Crippen LogP) is 7.75. The van der Waals surface area contributed by atoms with E-state index in [1.54, 1.807) is 0 Å². The third-order valence-electron chi connectivity index (χ3n) is 8.47. The van der Waals surface area contributed by atoms with Gasteiger partial charge >= 0.3 is 0 Å². The second-order valence-corrected chi connectivity index (χ2v) is 10.7. The summed E-state index contributed by atoms with van der Waals surface area (Å²) < 4.78 is 23.0. The zero-order chi connectivity index (χ0) is 25.4. The lowest BCUT2D eigenvalue weighted by atomic mass is 9.81. The Morgan fingerprint density at radius 2 is 1.29 bits per heavy atom. The van der Waals surface area contributed by atoms with Crippen molar-refractivity contribution in [3.05, 3.63) is 66.3 Å². The van der Waals surface area contributed by atoms with Crippen LogP contribution in [0, 0.1) is 0 Å². The second-order valence-electron chi connectivity index (χ2n) is 10.7. The van der Waals surface area contributed by atoms with Crippen LogP contribution in [0.2, 0.25) is 0 Å². The van der Waals surface area contributed by atoms with E-state index in [0.29, 0.717) is 5.92 Å². The van der Waals surface area contributed by atoms with Crippen molar-refractivity contribution in [1.82, 2.24) is 19.9 Å². The molecule has 0 aromatic carbocycles. The van der Waals surface area contributed by atoms with E-state index in [4.69, 9.17) is 18.9 Å². The van der Waals surface area contributed by atoms with Crippen molar-refractivity contribution in [3.63, 3.8) is 0 Å². The van der Waals surface area contributed by atoms with Gasteiger partial charge in [0.2, 0.25) is 0 Å². The molecule has 8 heteroatoms. The molecule has 2 aliphatic heterocycles. The number of aromatic amines is 2. The molecule has 2 aliphatic carbocycles. The van der Waals surface area contributed by atoms with E-state index in [1.165, 1.54) is 22.1 Å². The van der Waals surface area contributed by atoms with Crippen molar-refractivity contribution < 1.29 is 18.9 Å². The first-order valence-electron chi connectivity index (χ1n) is 13.8. The molecule has 4 aromatic rings. The second kappa shape index (κ2) is 12.9. The Morgan fingerprint density at radius 1 is 0.707 bits per heavy atom. The lowest BCUT2D eigenvalue weighted by Gasteiger charge is -2.35. The molecule has 41 heavy (non-hydrogen) atoms. The van der Waals surface area contributed by atoms with Crippen LogP contribution in [0.5, 0.6) is 0 Å². The molecule has 4 aromatic heterocycles. The van der Waals surface area contributed by atoms with Crippen LogP contribution in [0.3, 0.4) is 0 Å². The number of H-pyrrole nitrogens is 2. The maximum atomic E-state index is 5.78. The van der Waals surface area contributed by atoms with E-state index in [9.17, 15) is 0 Å². The number of ether oxygens (including phenoxy) is 4. The third-order valence-corrected chi connectivity index (χ3v) is 8.47. The van der Waals surface area contributed by atoms with Gasteiger partial charge in [-0.15, -0.1) is 0 Å². The number of nitrogens with one attached hydrogen (secondary N) is 2. The van der Waals surface area contributed by atoms with E-state index < -0.39 is 0 Å². The third kappa shape index (κ3) is 6.26. The summed E-state index contributed by atoms with van der Waals surface area (Å²) in [5.74, 6) is -0.0118. The molecule has 4 aliphatic rings. The maximum absolute atomic E-state index is 5.78. The minimum Gasteiger partial charge on any atom is -0.348 e. The molecule has 2 N–H and O–H groups in total. The Balaban J connectivity index is 0.000000176. The highest BCUT2D eigenvalue weighted by Crippen LogP contribution is 2.42. The number of pyridine rings is 2. The number of aromatic nitrogens is 4. The molecule has 0 bridgehead atoms. The first-order chi connectivity index (χ1) is 18.7. The first kappa shape index (κ1) is 30.9. The molecular formula is C33H46N4O4. The van der Waals surface area contributed by atoms with Gasteiger partial charge in [0.15, 0.2) is 11.6 Å². The lowest BCUT2D eigenvalue weighted by molar-refractivity contribution is -0.178. The minimum absolute atomic E-state index is 0. The fourth-order valence-corrected chi connectivity index (χ4v) is 6.30. The Morgan fingerprint density at radius 3 is 1.90 bits per heavy atom. The zero-order valence-electron chi connectivity index (χ0n) is 21.6. The topological polar surface area (TPSA) is 94.3 Å². The summed E-state index contributed by atoms with van der Waals surface area (Å²) >= 11 is 0. The number of hydrogen-bond donors (Lipinski definition) is 2. The van der Waals surface area contributed by atoms with E-state index in [1.807, 2.05) is 24.8 Å². The molecule has 222 valence electrons. The van der Waals surface area contributed by atoms with E-state index in [0.717, 1.165) is 88.1 Å². The first-order valence-corrected chi connectivity index (χ1v) is 13.8. The van der Waals surface area contributed by atoms with Crippen molar-refractivity contribution >= 4 is 27.6 Å². The van der Waals surface area contributed by atoms with Gasteiger partial charge in [0.05, 0.1) is 26.4 Å². The summed E-state index contributed by atoms with van der Waals surface area (Å²) in [5, 5.41) is 2.36. The smallest absolute Gasteiger partial charge is 0.172 e. The maximum Gasteiger partial charge on any atom is 0.172 e. The van der Waals surface area contributed by atoms with Gasteiger partial charge in [-0.2, -0.15) is 0 Å². The molecule has 3 fully saturated rings. The predicted molar refractivity (Wildman–Crippen MR) is 165 cm³/mol. The highest BCUT2D eigenvalue weighted by Gasteiger charge is 2.40. The van der Waals surface area contributed by atoms with Gasteiger partial charge in [-0.05, 0) is 66.1 Å². The van der Waals surface area contributed by atoms with Crippen LogP contribution >= 0.6 is 0 Å². The number of fused-ring (bicyclic) bond motifs is 2. The average molecular weight is 563 g/mol. The van der Waals surface area contributed by atoms with Gasteiger partial charge in [-0.1, -0.05) is 28.4 Å². The van der Waals surface area contributed by atoms with E-state index in [-0.39, 0.29) is 33.9 Å². The van der Waals surface area contributed by atoms with Crippen LogP contribution in [0.4, 0.5) is 0 Å². The van der Waals surface area contributed by atoms with Crippen molar-refractivity contribution in [2.75, 3.05) is 26.4 Å². The molecule has 8 rings (SSSR count). The fourth-order valence-electron chi connectivity index (χ4n) is 6.30. The number of rotatable bonds is 2. The largest absolute Gasteiger partial charge is 0.348 e. The molecule has 0 unspecified atom stereocenters. The summed E-state index contributed by atoms with van der Waals surface area (Å²) in [5.41, 5.74) is 5.82. The molecule has 2 saturated heterocycles. The van der Waals surface area contributed by atoms with Crippen LogP contribution < -0.4 is 0 Å². The van der Waals surface area contributed by atoms with E-state index >= 15 is 0 Å². The van der Waals surface area contributed by atoms with Gasteiger partial charge in [0, 0.05) is 61.2 Å². The molecule has 2 spiro atoms. The molecule has 6 heterocycles. The quantitative estimate of drug-likeness (QED) is 0.259. The molecule has 8 nitrogen and oxygen atoms in total. The minimum atomic E-state index is -0.338. The standard InChI is InChI=1S/C15H18N2O2.C15H16N2O2.3CH4/c2*1-4-15(18-7-8-19-15)5-2-11(1)13-9-12-3-6-16-14(12)17-10-13;;;/h3,6,9-11H,1-2,4-5,7-8H2,(H,16,17);1,3,6,9-10H,2,4-5,7-8H2,(H,16,17);3*1H4. The van der Waals surface area contributed by atoms with Crippen LogP contribution in [0.15, 0.2) is 55.1 Å². The van der Waals surface area contributed by atoms with Gasteiger partial charge in [0.1, 0.15) is 11.3 Å². The van der Waals surface area contributed by atoms with E-state index in [2.05, 4.69) is 50.3 Å². The molecular weight excluding hydrogens is 516 g/mol. The monoisotopic (exact) mass is 562 g/mol. The summed E-state index contributed by atoms with van der Waals surface area (Å²) in [6, 6.07) is 8.59. The average Bonchev–Trinajstić information content (AvgIpc) is 3.78. The Labute approximate surface area is 243 Å². The molecule has 0 atom stereocenters. The van der Waals surface area contributed by atoms with Crippen molar-refractivity contribution in [1.29, 1.82) is 0 Å².